The van der Waals surface area contributed by atoms with Crippen LogP contribution >= 0.6 is 0 Å². The van der Waals surface area contributed by atoms with Crippen LogP contribution in [0.1, 0.15) is 39.0 Å². The van der Waals surface area contributed by atoms with Crippen molar-refractivity contribution in [3.63, 3.8) is 0 Å². The fourth-order valence-corrected chi connectivity index (χ4v) is 7.10. The summed E-state index contributed by atoms with van der Waals surface area (Å²) in [5.74, 6) is -1.09. The second-order valence-corrected chi connectivity index (χ2v) is 8.90. The van der Waals surface area contributed by atoms with E-state index in [2.05, 4.69) is 6.58 Å². The van der Waals surface area contributed by atoms with Crippen LogP contribution < -0.4 is 0 Å². The first-order chi connectivity index (χ1) is 11.8. The van der Waals surface area contributed by atoms with E-state index in [0.29, 0.717) is 12.8 Å². The predicted molar refractivity (Wildman–Crippen MR) is 88.2 cm³/mol. The largest absolute Gasteiger partial charge is 0.469 e. The van der Waals surface area contributed by atoms with Gasteiger partial charge in [-0.2, -0.15) is 0 Å². The smallest absolute Gasteiger partial charge is 0.313 e. The maximum atomic E-state index is 13.0. The van der Waals surface area contributed by atoms with Gasteiger partial charge in [0.1, 0.15) is 5.60 Å². The van der Waals surface area contributed by atoms with Gasteiger partial charge in [0, 0.05) is 17.3 Å². The van der Waals surface area contributed by atoms with Crippen LogP contribution in [0.5, 0.6) is 0 Å². The maximum Gasteiger partial charge on any atom is 0.313 e. The Bertz CT molecular complexity index is 753. The molecule has 4 bridgehead atoms. The van der Waals surface area contributed by atoms with Crippen LogP contribution in [0.4, 0.5) is 0 Å². The Morgan fingerprint density at radius 2 is 2.20 bits per heavy atom. The van der Waals surface area contributed by atoms with Crippen molar-refractivity contribution in [1.29, 1.82) is 0 Å². The van der Waals surface area contributed by atoms with Crippen molar-refractivity contribution >= 4 is 11.9 Å². The van der Waals surface area contributed by atoms with E-state index < -0.39 is 28.5 Å². The molecule has 0 aromatic rings. The second-order valence-electron chi connectivity index (χ2n) is 8.90. The van der Waals surface area contributed by atoms with Gasteiger partial charge in [-0.25, -0.2) is 0 Å². The monoisotopic (exact) mass is 344 g/mol. The van der Waals surface area contributed by atoms with Crippen molar-refractivity contribution in [3.05, 3.63) is 23.8 Å². The Kier molecular flexibility index (Phi) is 2.73. The number of carbonyl (C=O) groups is 2. The van der Waals surface area contributed by atoms with Crippen LogP contribution in [-0.4, -0.2) is 35.9 Å². The summed E-state index contributed by atoms with van der Waals surface area (Å²) in [6, 6.07) is 0. The number of aliphatic hydroxyl groups is 1. The first kappa shape index (κ1) is 15.6. The topological polar surface area (TPSA) is 72.8 Å². The van der Waals surface area contributed by atoms with Gasteiger partial charge in [0.05, 0.1) is 24.5 Å². The third-order valence-electron chi connectivity index (χ3n) is 7.95. The molecule has 1 N–H and O–H groups in total. The standard InChI is InChI=1S/C20H24O5/c1-10-8-19-9-11(10)12(21)7-13(19)20-6-4-5-18(2,17(23)25-20)15(20)14(19)16(22)24-3/h7,11-12,14-15,21H,1,4-6,8-9H2,2-3H3. The molecular formula is C20H24O5. The van der Waals surface area contributed by atoms with Crippen LogP contribution in [-0.2, 0) is 19.1 Å². The van der Waals surface area contributed by atoms with Crippen LogP contribution in [0.3, 0.4) is 0 Å². The second kappa shape index (κ2) is 4.37. The predicted octanol–water partition coefficient (Wildman–Crippen LogP) is 2.14. The lowest BCUT2D eigenvalue weighted by molar-refractivity contribution is -0.154. The molecule has 5 aliphatic rings. The highest BCUT2D eigenvalue weighted by Gasteiger charge is 2.80. The maximum absolute atomic E-state index is 13.0. The van der Waals surface area contributed by atoms with Crippen LogP contribution in [0.25, 0.3) is 0 Å². The molecule has 3 saturated carbocycles. The fourth-order valence-electron chi connectivity index (χ4n) is 7.10. The fraction of sp³-hybridized carbons (Fsp3) is 0.700. The first-order valence-corrected chi connectivity index (χ1v) is 9.20. The minimum absolute atomic E-state index is 0.0190. The van der Waals surface area contributed by atoms with E-state index >= 15 is 0 Å². The van der Waals surface area contributed by atoms with Crippen LogP contribution in [0, 0.1) is 28.6 Å². The van der Waals surface area contributed by atoms with E-state index in [4.69, 9.17) is 9.47 Å². The molecule has 4 aliphatic carbocycles. The summed E-state index contributed by atoms with van der Waals surface area (Å²) in [5, 5.41) is 10.6. The number of esters is 2. The van der Waals surface area contributed by atoms with Crippen molar-refractivity contribution < 1.29 is 24.2 Å². The number of rotatable bonds is 1. The lowest BCUT2D eigenvalue weighted by Crippen LogP contribution is -2.46. The number of fused-ring (bicyclic) bond motifs is 1. The summed E-state index contributed by atoms with van der Waals surface area (Å²) in [5.41, 5.74) is 0.147. The molecule has 1 spiro atoms. The van der Waals surface area contributed by atoms with Crippen molar-refractivity contribution in [2.45, 2.75) is 50.7 Å². The third-order valence-corrected chi connectivity index (χ3v) is 7.95. The highest BCUT2D eigenvalue weighted by Crippen LogP contribution is 2.76. The van der Waals surface area contributed by atoms with E-state index in [9.17, 15) is 14.7 Å². The number of hydrogen-bond donors (Lipinski definition) is 1. The first-order valence-electron chi connectivity index (χ1n) is 9.20. The Labute approximate surface area is 147 Å². The Morgan fingerprint density at radius 3 is 2.92 bits per heavy atom. The molecule has 0 aromatic heterocycles. The Hall–Kier alpha value is -1.62. The van der Waals surface area contributed by atoms with Gasteiger partial charge in [0.15, 0.2) is 0 Å². The van der Waals surface area contributed by atoms with Gasteiger partial charge in [-0.3, -0.25) is 9.59 Å². The Balaban J connectivity index is 1.80. The van der Waals surface area contributed by atoms with Gasteiger partial charge in [-0.05, 0) is 44.6 Å². The number of aliphatic hydroxyl groups excluding tert-OH is 1. The van der Waals surface area contributed by atoms with Gasteiger partial charge in [0.2, 0.25) is 0 Å². The van der Waals surface area contributed by atoms with E-state index in [-0.39, 0.29) is 23.8 Å². The van der Waals surface area contributed by atoms with Crippen molar-refractivity contribution in [2.75, 3.05) is 7.11 Å². The van der Waals surface area contributed by atoms with Gasteiger partial charge >= 0.3 is 11.9 Å². The summed E-state index contributed by atoms with van der Waals surface area (Å²) >= 11 is 0. The molecular weight excluding hydrogens is 320 g/mol. The van der Waals surface area contributed by atoms with Crippen LogP contribution in [0.15, 0.2) is 23.8 Å². The normalized spacial score (nSPS) is 52.4. The molecule has 7 atom stereocenters. The summed E-state index contributed by atoms with van der Waals surface area (Å²) in [4.78, 5) is 25.7. The summed E-state index contributed by atoms with van der Waals surface area (Å²) in [7, 11) is 1.42. The third kappa shape index (κ3) is 1.48. The molecule has 134 valence electrons. The average molecular weight is 344 g/mol. The highest BCUT2D eigenvalue weighted by atomic mass is 16.6. The quantitative estimate of drug-likeness (QED) is 0.583. The van der Waals surface area contributed by atoms with Gasteiger partial charge in [0.25, 0.3) is 0 Å². The molecule has 4 fully saturated rings. The van der Waals surface area contributed by atoms with Crippen LogP contribution in [0.2, 0.25) is 0 Å². The molecule has 0 radical (unpaired) electrons. The van der Waals surface area contributed by atoms with Gasteiger partial charge < -0.3 is 14.6 Å². The number of hydrogen-bond acceptors (Lipinski definition) is 5. The van der Waals surface area contributed by atoms with E-state index in [1.54, 1.807) is 0 Å². The number of methoxy groups -OCH3 is 1. The van der Waals surface area contributed by atoms with E-state index in [0.717, 1.165) is 30.4 Å². The zero-order chi connectivity index (χ0) is 17.8. The minimum Gasteiger partial charge on any atom is -0.469 e. The molecule has 1 saturated heterocycles. The Morgan fingerprint density at radius 1 is 1.44 bits per heavy atom. The molecule has 5 nitrogen and oxygen atoms in total. The summed E-state index contributed by atoms with van der Waals surface area (Å²) in [6.07, 6.45) is 4.99. The lowest BCUT2D eigenvalue weighted by atomic mass is 9.60. The summed E-state index contributed by atoms with van der Waals surface area (Å²) < 4.78 is 11.3. The van der Waals surface area contributed by atoms with Gasteiger partial charge in [-0.1, -0.05) is 18.2 Å². The van der Waals surface area contributed by atoms with Crippen molar-refractivity contribution in [2.24, 2.45) is 28.6 Å². The van der Waals surface area contributed by atoms with Crippen molar-refractivity contribution in [3.8, 4) is 0 Å². The van der Waals surface area contributed by atoms with E-state index in [1.165, 1.54) is 7.11 Å². The molecule has 1 heterocycles. The average Bonchev–Trinajstić information content (AvgIpc) is 3.03. The zero-order valence-electron chi connectivity index (χ0n) is 14.7. The minimum atomic E-state index is -0.750. The highest BCUT2D eigenvalue weighted by molar-refractivity contribution is 5.87. The molecule has 1 aliphatic heterocycles. The molecule has 0 amide bonds. The zero-order valence-corrected chi connectivity index (χ0v) is 14.7. The number of carbonyl (C=O) groups excluding carboxylic acids is 2. The van der Waals surface area contributed by atoms with Crippen molar-refractivity contribution in [1.82, 2.24) is 0 Å². The molecule has 25 heavy (non-hydrogen) atoms. The van der Waals surface area contributed by atoms with E-state index in [1.807, 2.05) is 13.0 Å². The van der Waals surface area contributed by atoms with Gasteiger partial charge in [-0.15, -0.1) is 0 Å². The molecule has 7 unspecified atom stereocenters. The molecule has 5 rings (SSSR count). The molecule has 0 aromatic carbocycles. The number of ether oxygens (including phenoxy) is 2. The SMILES string of the molecule is C=C1CC23CC1C(O)C=C2C12CCCC(C)(C(=O)O1)C2C3C(=O)OC. The molecule has 5 heteroatoms. The summed E-state index contributed by atoms with van der Waals surface area (Å²) in [6.45, 7) is 6.13. The lowest BCUT2D eigenvalue weighted by Gasteiger charge is -2.39.